The van der Waals surface area contributed by atoms with Gasteiger partial charge in [0, 0.05) is 24.8 Å². The van der Waals surface area contributed by atoms with Crippen LogP contribution in [0.25, 0.3) is 0 Å². The standard InChI is InChI=1S/C10H13F3N2O/c1-6-8(10(11,12)13)15-9(14-6)7-2-4-16-5-3-7/h7H,2-5H2,1H3,(H,14,15). The molecule has 3 nitrogen and oxygen atoms in total. The second kappa shape index (κ2) is 4.08. The lowest BCUT2D eigenvalue weighted by Gasteiger charge is -2.19. The molecule has 6 heteroatoms. The summed E-state index contributed by atoms with van der Waals surface area (Å²) in [6, 6.07) is 0. The average molecular weight is 234 g/mol. The van der Waals surface area contributed by atoms with Gasteiger partial charge in [0.15, 0.2) is 5.69 Å². The van der Waals surface area contributed by atoms with Gasteiger partial charge in [-0.1, -0.05) is 0 Å². The van der Waals surface area contributed by atoms with Crippen LogP contribution in [0.3, 0.4) is 0 Å². The van der Waals surface area contributed by atoms with Gasteiger partial charge in [-0.15, -0.1) is 0 Å². The number of aromatic amines is 1. The summed E-state index contributed by atoms with van der Waals surface area (Å²) in [5.74, 6) is 0.497. The molecular weight excluding hydrogens is 221 g/mol. The Morgan fingerprint density at radius 3 is 2.44 bits per heavy atom. The van der Waals surface area contributed by atoms with Crippen molar-refractivity contribution >= 4 is 0 Å². The largest absolute Gasteiger partial charge is 0.435 e. The number of halogens is 3. The summed E-state index contributed by atoms with van der Waals surface area (Å²) in [5.41, 5.74) is -0.706. The number of nitrogens with one attached hydrogen (secondary N) is 1. The molecule has 1 aliphatic heterocycles. The van der Waals surface area contributed by atoms with Crippen molar-refractivity contribution in [2.45, 2.75) is 31.9 Å². The van der Waals surface area contributed by atoms with Crippen LogP contribution in [-0.4, -0.2) is 23.2 Å². The molecule has 2 rings (SSSR count). The van der Waals surface area contributed by atoms with Crippen LogP contribution < -0.4 is 0 Å². The van der Waals surface area contributed by atoms with Crippen LogP contribution in [0.2, 0.25) is 0 Å². The maximum Gasteiger partial charge on any atom is 0.435 e. The summed E-state index contributed by atoms with van der Waals surface area (Å²) in [5, 5.41) is 0. The Labute approximate surface area is 91.0 Å². The normalized spacial score (nSPS) is 19.0. The minimum atomic E-state index is -4.37. The Morgan fingerprint density at radius 1 is 1.31 bits per heavy atom. The zero-order chi connectivity index (χ0) is 11.8. The van der Waals surface area contributed by atoms with Gasteiger partial charge in [-0.3, -0.25) is 0 Å². The Morgan fingerprint density at radius 2 is 1.94 bits per heavy atom. The summed E-state index contributed by atoms with van der Waals surface area (Å²) < 4.78 is 42.7. The van der Waals surface area contributed by atoms with Crippen molar-refractivity contribution in [1.29, 1.82) is 0 Å². The van der Waals surface area contributed by atoms with Crippen LogP contribution in [0.15, 0.2) is 0 Å². The van der Waals surface area contributed by atoms with Crippen molar-refractivity contribution in [3.63, 3.8) is 0 Å². The molecule has 2 heterocycles. The zero-order valence-corrected chi connectivity index (χ0v) is 8.90. The van der Waals surface area contributed by atoms with Crippen LogP contribution >= 0.6 is 0 Å². The number of nitrogens with zero attached hydrogens (tertiary/aromatic N) is 1. The summed E-state index contributed by atoms with van der Waals surface area (Å²) in [7, 11) is 0. The molecule has 0 saturated carbocycles. The van der Waals surface area contributed by atoms with Crippen molar-refractivity contribution in [2.75, 3.05) is 13.2 Å². The lowest BCUT2D eigenvalue weighted by atomic mass is 10.00. The molecule has 0 unspecified atom stereocenters. The highest BCUT2D eigenvalue weighted by atomic mass is 19.4. The van der Waals surface area contributed by atoms with Crippen LogP contribution in [0.5, 0.6) is 0 Å². The molecule has 90 valence electrons. The minimum Gasteiger partial charge on any atom is -0.381 e. The number of alkyl halides is 3. The molecule has 0 aliphatic carbocycles. The zero-order valence-electron chi connectivity index (χ0n) is 8.90. The molecular formula is C10H13F3N2O. The van der Waals surface area contributed by atoms with E-state index in [0.717, 1.165) is 12.8 Å². The number of H-pyrrole nitrogens is 1. The number of hydrogen-bond donors (Lipinski definition) is 1. The molecule has 0 atom stereocenters. The molecule has 0 radical (unpaired) electrons. The van der Waals surface area contributed by atoms with E-state index in [1.165, 1.54) is 6.92 Å². The third-order valence-corrected chi connectivity index (χ3v) is 2.78. The Kier molecular flexibility index (Phi) is 2.92. The topological polar surface area (TPSA) is 37.9 Å². The van der Waals surface area contributed by atoms with Gasteiger partial charge < -0.3 is 9.72 Å². The van der Waals surface area contributed by atoms with Crippen molar-refractivity contribution in [3.05, 3.63) is 17.2 Å². The molecule has 0 aromatic carbocycles. The quantitative estimate of drug-likeness (QED) is 0.811. The Balaban J connectivity index is 2.23. The lowest BCUT2D eigenvalue weighted by Crippen LogP contribution is -2.15. The third-order valence-electron chi connectivity index (χ3n) is 2.78. The van der Waals surface area contributed by atoms with Crippen LogP contribution in [-0.2, 0) is 10.9 Å². The first kappa shape index (κ1) is 11.4. The van der Waals surface area contributed by atoms with Crippen LogP contribution in [0.4, 0.5) is 13.2 Å². The van der Waals surface area contributed by atoms with Gasteiger partial charge in [0.1, 0.15) is 5.82 Å². The summed E-state index contributed by atoms with van der Waals surface area (Å²) in [4.78, 5) is 6.40. The number of rotatable bonds is 1. The lowest BCUT2D eigenvalue weighted by molar-refractivity contribution is -0.141. The van der Waals surface area contributed by atoms with Gasteiger partial charge in [-0.2, -0.15) is 13.2 Å². The fourth-order valence-corrected chi connectivity index (χ4v) is 1.92. The van der Waals surface area contributed by atoms with E-state index in [0.29, 0.717) is 19.0 Å². The third kappa shape index (κ3) is 2.21. The van der Waals surface area contributed by atoms with Crippen molar-refractivity contribution in [1.82, 2.24) is 9.97 Å². The number of ether oxygens (including phenoxy) is 1. The smallest absolute Gasteiger partial charge is 0.381 e. The molecule has 1 aromatic rings. The van der Waals surface area contributed by atoms with Crippen LogP contribution in [0.1, 0.15) is 36.0 Å². The SMILES string of the molecule is Cc1[nH]c(C2CCOCC2)nc1C(F)(F)F. The molecule has 1 aromatic heterocycles. The molecule has 1 fully saturated rings. The van der Waals surface area contributed by atoms with Gasteiger partial charge in [-0.25, -0.2) is 4.98 Å². The van der Waals surface area contributed by atoms with Gasteiger partial charge in [-0.05, 0) is 19.8 Å². The van der Waals surface area contributed by atoms with E-state index in [9.17, 15) is 13.2 Å². The first-order valence-corrected chi connectivity index (χ1v) is 5.20. The number of imidazole rings is 1. The summed E-state index contributed by atoms with van der Waals surface area (Å²) in [6.07, 6.45) is -2.92. The number of aromatic nitrogens is 2. The maximum absolute atomic E-state index is 12.5. The Hall–Kier alpha value is -1.04. The van der Waals surface area contributed by atoms with Gasteiger partial charge in [0.05, 0.1) is 0 Å². The van der Waals surface area contributed by atoms with Gasteiger partial charge >= 0.3 is 6.18 Å². The molecule has 16 heavy (non-hydrogen) atoms. The fourth-order valence-electron chi connectivity index (χ4n) is 1.92. The van der Waals surface area contributed by atoms with Crippen molar-refractivity contribution in [2.24, 2.45) is 0 Å². The first-order valence-electron chi connectivity index (χ1n) is 5.20. The average Bonchev–Trinajstić information content (AvgIpc) is 2.61. The minimum absolute atomic E-state index is 0.0588. The number of hydrogen-bond acceptors (Lipinski definition) is 2. The molecule has 0 spiro atoms. The van der Waals surface area contributed by atoms with E-state index in [2.05, 4.69) is 9.97 Å². The second-order valence-electron chi connectivity index (χ2n) is 3.98. The predicted molar refractivity (Wildman–Crippen MR) is 51.1 cm³/mol. The van der Waals surface area contributed by atoms with Crippen molar-refractivity contribution in [3.8, 4) is 0 Å². The second-order valence-corrected chi connectivity index (χ2v) is 3.98. The van der Waals surface area contributed by atoms with E-state index in [-0.39, 0.29) is 11.6 Å². The van der Waals surface area contributed by atoms with E-state index in [4.69, 9.17) is 4.74 Å². The highest BCUT2D eigenvalue weighted by Gasteiger charge is 2.36. The highest BCUT2D eigenvalue weighted by Crippen LogP contribution is 2.33. The first-order chi connectivity index (χ1) is 7.48. The van der Waals surface area contributed by atoms with E-state index in [1.807, 2.05) is 0 Å². The van der Waals surface area contributed by atoms with E-state index < -0.39 is 11.9 Å². The number of aryl methyl sites for hydroxylation is 1. The fraction of sp³-hybridized carbons (Fsp3) is 0.700. The molecule has 0 amide bonds. The maximum atomic E-state index is 12.5. The highest BCUT2D eigenvalue weighted by molar-refractivity contribution is 5.18. The predicted octanol–water partition coefficient (Wildman–Crippen LogP) is 2.63. The Bertz CT molecular complexity index is 367. The van der Waals surface area contributed by atoms with Gasteiger partial charge in [0.2, 0.25) is 0 Å². The molecule has 1 saturated heterocycles. The van der Waals surface area contributed by atoms with E-state index >= 15 is 0 Å². The van der Waals surface area contributed by atoms with Gasteiger partial charge in [0.25, 0.3) is 0 Å². The molecule has 1 N–H and O–H groups in total. The van der Waals surface area contributed by atoms with Crippen molar-refractivity contribution < 1.29 is 17.9 Å². The van der Waals surface area contributed by atoms with E-state index in [1.54, 1.807) is 0 Å². The summed E-state index contributed by atoms with van der Waals surface area (Å²) >= 11 is 0. The molecule has 1 aliphatic rings. The monoisotopic (exact) mass is 234 g/mol. The van der Waals surface area contributed by atoms with Crippen LogP contribution in [0, 0.1) is 6.92 Å². The molecule has 0 bridgehead atoms. The summed E-state index contributed by atoms with van der Waals surface area (Å²) in [6.45, 7) is 2.58.